The minimum atomic E-state index is -0.957. The number of nitrogen functional groups attached to an aromatic ring is 1. The van der Waals surface area contributed by atoms with E-state index in [9.17, 15) is 28.0 Å². The van der Waals surface area contributed by atoms with Gasteiger partial charge in [-0.05, 0) is 49.5 Å². The second-order valence-electron chi connectivity index (χ2n) is 9.37. The third kappa shape index (κ3) is 4.51. The van der Waals surface area contributed by atoms with Crippen LogP contribution in [0.1, 0.15) is 48.0 Å². The molecule has 4 heterocycles. The van der Waals surface area contributed by atoms with Crippen LogP contribution < -0.4 is 10.6 Å². The average molecular weight is 545 g/mol. The van der Waals surface area contributed by atoms with Gasteiger partial charge in [-0.15, -0.1) is 0 Å². The van der Waals surface area contributed by atoms with Crippen LogP contribution in [0.3, 0.4) is 0 Å². The summed E-state index contributed by atoms with van der Waals surface area (Å²) in [5.41, 5.74) is 6.18. The summed E-state index contributed by atoms with van der Waals surface area (Å²) < 4.78 is 34.8. The number of nitrogens with zero attached hydrogens (tertiary/aromatic N) is 3. The molecule has 2 saturated heterocycles. The zero-order valence-electron chi connectivity index (χ0n) is 20.1. The molecule has 12 heteroatoms. The fourth-order valence-corrected chi connectivity index (χ4v) is 5.43. The minimum Gasteiger partial charge on any atom is -0.456 e. The van der Waals surface area contributed by atoms with Gasteiger partial charge < -0.3 is 15.4 Å². The van der Waals surface area contributed by atoms with Gasteiger partial charge in [-0.25, -0.2) is 18.6 Å². The van der Waals surface area contributed by atoms with Gasteiger partial charge in [0.05, 0.1) is 10.6 Å². The molecule has 2 atom stereocenters. The fraction of sp³-hybridized carbons (Fsp3) is 0.346. The number of benzene rings is 1. The molecule has 1 aromatic carbocycles. The summed E-state index contributed by atoms with van der Waals surface area (Å²) in [4.78, 5) is 56.9. The Hall–Kier alpha value is -3.86. The molecule has 0 aliphatic carbocycles. The minimum absolute atomic E-state index is 0.0662. The van der Waals surface area contributed by atoms with E-state index in [1.54, 1.807) is 0 Å². The van der Waals surface area contributed by atoms with Gasteiger partial charge in [0.15, 0.2) is 24.1 Å². The van der Waals surface area contributed by atoms with Crippen LogP contribution in [0.2, 0.25) is 5.02 Å². The second-order valence-corrected chi connectivity index (χ2v) is 9.77. The number of ketones is 1. The Balaban J connectivity index is 1.27. The smallest absolute Gasteiger partial charge is 0.329 e. The zero-order valence-corrected chi connectivity index (χ0v) is 20.8. The van der Waals surface area contributed by atoms with E-state index in [0.29, 0.717) is 25.0 Å². The molecular formula is C26H23ClF2N4O5. The van der Waals surface area contributed by atoms with Crippen molar-refractivity contribution in [1.29, 1.82) is 0 Å². The number of halogens is 3. The lowest BCUT2D eigenvalue weighted by atomic mass is 9.92. The summed E-state index contributed by atoms with van der Waals surface area (Å²) in [6.07, 6.45) is 4.26. The maximum atomic E-state index is 15.0. The Morgan fingerprint density at radius 2 is 1.95 bits per heavy atom. The molecule has 198 valence electrons. The van der Waals surface area contributed by atoms with E-state index in [-0.39, 0.29) is 52.8 Å². The SMILES string of the molecule is Nc1ccc(Cl)c(F)c1C1=CC(=O)N2C(CC[C@H]2C(=O)OCC(=O)c2ccnc(N3CCCC3=O)c2F)C1. The van der Waals surface area contributed by atoms with E-state index in [1.807, 2.05) is 0 Å². The monoisotopic (exact) mass is 544 g/mol. The molecule has 0 spiro atoms. The van der Waals surface area contributed by atoms with Crippen LogP contribution in [0.4, 0.5) is 20.3 Å². The summed E-state index contributed by atoms with van der Waals surface area (Å²) >= 11 is 5.89. The first-order valence-electron chi connectivity index (χ1n) is 12.1. The summed E-state index contributed by atoms with van der Waals surface area (Å²) in [6.45, 7) is -0.448. The van der Waals surface area contributed by atoms with Crippen LogP contribution >= 0.6 is 11.6 Å². The highest BCUT2D eigenvalue weighted by Crippen LogP contribution is 2.40. The standard InChI is InChI=1S/C26H23ClF2N4O5/c27-16-4-5-17(30)22(24(16)29)13-10-14-3-6-18(33(14)21(36)11-13)26(37)38-12-19(34)15-7-8-31-25(23(15)28)32-9-1-2-20(32)35/h4-5,7-8,11,14,18H,1-3,6,9-10,12,30H2/t14?,18-/m0/s1. The molecule has 0 radical (unpaired) electrons. The average Bonchev–Trinajstić information content (AvgIpc) is 3.51. The maximum Gasteiger partial charge on any atom is 0.329 e. The van der Waals surface area contributed by atoms with Crippen molar-refractivity contribution in [3.8, 4) is 0 Å². The first kappa shape index (κ1) is 25.8. The number of amides is 2. The summed E-state index contributed by atoms with van der Waals surface area (Å²) in [5, 5.41) is -0.118. The van der Waals surface area contributed by atoms with Gasteiger partial charge in [-0.1, -0.05) is 11.6 Å². The number of rotatable bonds is 6. The van der Waals surface area contributed by atoms with Gasteiger partial charge >= 0.3 is 5.97 Å². The van der Waals surface area contributed by atoms with Crippen molar-refractivity contribution in [1.82, 2.24) is 9.88 Å². The summed E-state index contributed by atoms with van der Waals surface area (Å²) in [7, 11) is 0. The van der Waals surface area contributed by atoms with Gasteiger partial charge in [0.1, 0.15) is 6.04 Å². The topological polar surface area (TPSA) is 123 Å². The van der Waals surface area contributed by atoms with Crippen LogP contribution in [0, 0.1) is 11.6 Å². The van der Waals surface area contributed by atoms with Crippen molar-refractivity contribution < 1.29 is 32.7 Å². The lowest BCUT2D eigenvalue weighted by Crippen LogP contribution is -2.47. The van der Waals surface area contributed by atoms with E-state index in [0.717, 1.165) is 6.07 Å². The third-order valence-electron chi connectivity index (χ3n) is 7.08. The Bertz CT molecular complexity index is 1400. The Labute approximate surface area is 221 Å². The first-order valence-corrected chi connectivity index (χ1v) is 12.5. The van der Waals surface area contributed by atoms with Crippen molar-refractivity contribution in [2.75, 3.05) is 23.8 Å². The highest BCUT2D eigenvalue weighted by molar-refractivity contribution is 6.31. The fourth-order valence-electron chi connectivity index (χ4n) is 5.27. The number of carbonyl (C=O) groups is 4. The molecule has 2 fully saturated rings. The molecule has 1 aromatic heterocycles. The lowest BCUT2D eigenvalue weighted by Gasteiger charge is -2.33. The highest BCUT2D eigenvalue weighted by Gasteiger charge is 2.44. The molecule has 38 heavy (non-hydrogen) atoms. The van der Waals surface area contributed by atoms with Crippen LogP contribution in [-0.2, 0) is 19.1 Å². The van der Waals surface area contributed by atoms with E-state index in [2.05, 4.69) is 4.98 Å². The van der Waals surface area contributed by atoms with Crippen molar-refractivity contribution in [2.45, 2.75) is 44.2 Å². The van der Waals surface area contributed by atoms with Gasteiger partial charge in [-0.3, -0.25) is 19.3 Å². The number of carbonyl (C=O) groups excluding carboxylic acids is 4. The van der Waals surface area contributed by atoms with Crippen LogP contribution in [0.5, 0.6) is 0 Å². The van der Waals surface area contributed by atoms with E-state index in [1.165, 1.54) is 34.2 Å². The van der Waals surface area contributed by atoms with Crippen LogP contribution in [0.25, 0.3) is 5.57 Å². The zero-order chi connectivity index (χ0) is 27.1. The predicted octanol–water partition coefficient (Wildman–Crippen LogP) is 3.30. The number of ether oxygens (including phenoxy) is 1. The lowest BCUT2D eigenvalue weighted by molar-refractivity contribution is -0.152. The van der Waals surface area contributed by atoms with Crippen LogP contribution in [-0.4, -0.2) is 58.7 Å². The Morgan fingerprint density at radius 1 is 1.16 bits per heavy atom. The van der Waals surface area contributed by atoms with Crippen molar-refractivity contribution in [3.63, 3.8) is 0 Å². The third-order valence-corrected chi connectivity index (χ3v) is 7.37. The molecule has 9 nitrogen and oxygen atoms in total. The molecule has 1 unspecified atom stereocenters. The van der Waals surface area contributed by atoms with Gasteiger partial charge in [0.25, 0.3) is 0 Å². The number of fused-ring (bicyclic) bond motifs is 1. The second kappa shape index (κ2) is 10.1. The highest BCUT2D eigenvalue weighted by atomic mass is 35.5. The normalized spacial score (nSPS) is 21.0. The quantitative estimate of drug-likeness (QED) is 0.336. The van der Waals surface area contributed by atoms with E-state index in [4.69, 9.17) is 22.1 Å². The number of hydrogen-bond donors (Lipinski definition) is 1. The van der Waals surface area contributed by atoms with Gasteiger partial charge in [0.2, 0.25) is 17.6 Å². The van der Waals surface area contributed by atoms with Crippen molar-refractivity contribution >= 4 is 52.2 Å². The van der Waals surface area contributed by atoms with Gasteiger partial charge in [0, 0.05) is 42.5 Å². The summed E-state index contributed by atoms with van der Waals surface area (Å²) in [5.74, 6) is -4.31. The number of pyridine rings is 1. The van der Waals surface area contributed by atoms with Gasteiger partial charge in [-0.2, -0.15) is 0 Å². The molecule has 2 N–H and O–H groups in total. The number of aromatic nitrogens is 1. The number of esters is 1. The van der Waals surface area contributed by atoms with Crippen molar-refractivity contribution in [2.24, 2.45) is 0 Å². The van der Waals surface area contributed by atoms with E-state index < -0.39 is 48.0 Å². The molecule has 2 amide bonds. The van der Waals surface area contributed by atoms with E-state index >= 15 is 0 Å². The molecule has 2 aromatic rings. The maximum absolute atomic E-state index is 15.0. The largest absolute Gasteiger partial charge is 0.456 e. The Kier molecular flexibility index (Phi) is 6.87. The Morgan fingerprint density at radius 3 is 2.68 bits per heavy atom. The molecular weight excluding hydrogens is 522 g/mol. The molecule has 3 aliphatic heterocycles. The molecule has 3 aliphatic rings. The van der Waals surface area contributed by atoms with Crippen LogP contribution in [0.15, 0.2) is 30.5 Å². The number of hydrogen-bond acceptors (Lipinski definition) is 7. The number of anilines is 2. The molecule has 0 saturated carbocycles. The van der Waals surface area contributed by atoms with Crippen molar-refractivity contribution in [3.05, 3.63) is 58.3 Å². The molecule has 0 bridgehead atoms. The number of nitrogens with two attached hydrogens (primary N) is 1. The first-order chi connectivity index (χ1) is 18.2. The summed E-state index contributed by atoms with van der Waals surface area (Å²) in [6, 6.07) is 2.61. The predicted molar refractivity (Wildman–Crippen MR) is 133 cm³/mol. The number of Topliss-reactive ketones (excluding diaryl/α,β-unsaturated/α-hetero) is 1. The molecule has 5 rings (SSSR count).